The maximum Gasteiger partial charge on any atom is 0.335 e. The first-order valence-electron chi connectivity index (χ1n) is 20.3. The molecule has 0 aliphatic heterocycles. The number of nitrogens with one attached hydrogen (secondary N) is 2. The van der Waals surface area contributed by atoms with Crippen LogP contribution in [0.25, 0.3) is 0 Å². The Bertz CT molecular complexity index is 3100. The molecule has 0 atom stereocenters. The van der Waals surface area contributed by atoms with E-state index in [2.05, 4.69) is 9.44 Å². The lowest BCUT2D eigenvalue weighted by Gasteiger charge is -2.13. The highest BCUT2D eigenvalue weighted by atomic mass is 32.2. The molecule has 0 bridgehead atoms. The van der Waals surface area contributed by atoms with Crippen molar-refractivity contribution in [3.63, 3.8) is 0 Å². The molecule has 336 valence electrons. The van der Waals surface area contributed by atoms with Crippen LogP contribution in [-0.4, -0.2) is 47.4 Å². The number of carboxylic acids is 2. The van der Waals surface area contributed by atoms with E-state index in [9.17, 15) is 34.8 Å². The molecule has 0 unspecified atom stereocenters. The van der Waals surface area contributed by atoms with Crippen LogP contribution >= 0.6 is 11.3 Å². The van der Waals surface area contributed by atoms with E-state index in [0.29, 0.717) is 30.6 Å². The number of benzene rings is 6. The number of para-hydroxylation sites is 2. The van der Waals surface area contributed by atoms with E-state index in [1.54, 1.807) is 91.0 Å². The van der Waals surface area contributed by atoms with Gasteiger partial charge in [0.2, 0.25) is 9.84 Å². The lowest BCUT2D eigenvalue weighted by atomic mass is 10.0. The summed E-state index contributed by atoms with van der Waals surface area (Å²) < 4.78 is 82.5. The number of rotatable bonds is 18. The van der Waals surface area contributed by atoms with Crippen molar-refractivity contribution in [3.05, 3.63) is 202 Å². The highest BCUT2D eigenvalue weighted by Crippen LogP contribution is 2.31. The van der Waals surface area contributed by atoms with E-state index in [-0.39, 0.29) is 30.0 Å². The molecule has 65 heavy (non-hydrogen) atoms. The zero-order valence-electron chi connectivity index (χ0n) is 35.1. The van der Waals surface area contributed by atoms with Crippen molar-refractivity contribution in [1.29, 1.82) is 0 Å². The SMILES string of the molecule is Cc1cccc(S(=O)(=O)Nc2ccccc2CCCc2ccc(C(=O)O)cc2)c1.O=C(O)c1ccc(CCCc2ccccc2NS(=O)(=O)c2cc(S(=O)(=O)c3ccccc3)cs2)cc1. The number of sulfone groups is 1. The third-order valence-corrected chi connectivity index (χ3v) is 16.3. The number of anilines is 2. The second-order valence-electron chi connectivity index (χ2n) is 15.0. The standard InChI is InChI=1S/C26H23NO6S3.C23H23NO4S/c28-26(29)21-15-13-19(14-16-21)7-6-9-20-8-4-5-12-24(20)27-36(32,33)25-17-23(18-34-25)35(30,31)22-10-2-1-3-11-22;1-17-6-4-10-21(16-17)29(27,28)24-22-11-3-2-8-19(22)9-5-7-18-12-14-20(15-13-18)23(25)26/h1-5,8,10-18,27H,6-7,9H2,(H,28,29);2-4,6,8,10-16,24H,5,7,9H2,1H3,(H,25,26). The monoisotopic (exact) mass is 950 g/mol. The van der Waals surface area contributed by atoms with Crippen molar-refractivity contribution < 1.29 is 45.1 Å². The van der Waals surface area contributed by atoms with Crippen LogP contribution in [0.2, 0.25) is 0 Å². The number of aromatic carboxylic acids is 2. The van der Waals surface area contributed by atoms with Gasteiger partial charge in [-0.05, 0) is 140 Å². The minimum atomic E-state index is -4.00. The fourth-order valence-electron chi connectivity index (χ4n) is 6.77. The summed E-state index contributed by atoms with van der Waals surface area (Å²) >= 11 is 0.850. The lowest BCUT2D eigenvalue weighted by Crippen LogP contribution is -2.14. The molecule has 6 aromatic carbocycles. The number of hydrogen-bond donors (Lipinski definition) is 4. The van der Waals surface area contributed by atoms with E-state index < -0.39 is 41.8 Å². The molecule has 7 rings (SSSR count). The predicted molar refractivity (Wildman–Crippen MR) is 253 cm³/mol. The van der Waals surface area contributed by atoms with Gasteiger partial charge in [0.25, 0.3) is 20.0 Å². The Morgan fingerprint density at radius 2 is 0.954 bits per heavy atom. The molecule has 0 saturated carbocycles. The van der Waals surface area contributed by atoms with Gasteiger partial charge in [0.15, 0.2) is 0 Å². The minimum Gasteiger partial charge on any atom is -0.478 e. The number of aryl methyl sites for hydroxylation is 5. The molecule has 0 spiro atoms. The zero-order chi connectivity index (χ0) is 46.6. The number of hydrogen-bond acceptors (Lipinski definition) is 9. The predicted octanol–water partition coefficient (Wildman–Crippen LogP) is 9.92. The molecule has 0 aliphatic carbocycles. The van der Waals surface area contributed by atoms with Gasteiger partial charge in [0.05, 0.1) is 37.2 Å². The second-order valence-corrected chi connectivity index (χ2v) is 21.4. The maximum atomic E-state index is 13.1. The first-order chi connectivity index (χ1) is 31.0. The fraction of sp³-hybridized carbons (Fsp3) is 0.143. The molecular formula is C49H46N2O10S4. The van der Waals surface area contributed by atoms with Gasteiger partial charge in [-0.1, -0.05) is 91.0 Å². The molecule has 12 nitrogen and oxygen atoms in total. The van der Waals surface area contributed by atoms with Crippen molar-refractivity contribution in [2.75, 3.05) is 9.44 Å². The summed E-state index contributed by atoms with van der Waals surface area (Å²) in [5, 5.41) is 19.3. The highest BCUT2D eigenvalue weighted by molar-refractivity contribution is 7.95. The van der Waals surface area contributed by atoms with Gasteiger partial charge in [-0.3, -0.25) is 9.44 Å². The summed E-state index contributed by atoms with van der Waals surface area (Å²) in [6.07, 6.45) is 4.31. The van der Waals surface area contributed by atoms with Gasteiger partial charge >= 0.3 is 11.9 Å². The van der Waals surface area contributed by atoms with Gasteiger partial charge in [0.1, 0.15) is 4.21 Å². The molecule has 1 heterocycles. The largest absolute Gasteiger partial charge is 0.478 e. The number of carboxylic acid groups (broad SMARTS) is 2. The van der Waals surface area contributed by atoms with E-state index in [0.717, 1.165) is 58.4 Å². The van der Waals surface area contributed by atoms with E-state index >= 15 is 0 Å². The molecule has 0 aliphatic rings. The Labute approximate surface area is 383 Å². The molecule has 7 aromatic rings. The van der Waals surface area contributed by atoms with Gasteiger partial charge in [-0.2, -0.15) is 0 Å². The Hall–Kier alpha value is -6.59. The lowest BCUT2D eigenvalue weighted by molar-refractivity contribution is 0.0686. The van der Waals surface area contributed by atoms with Gasteiger partial charge < -0.3 is 10.2 Å². The van der Waals surface area contributed by atoms with Crippen LogP contribution in [0.15, 0.2) is 182 Å². The third kappa shape index (κ3) is 13.0. The Morgan fingerprint density at radius 1 is 0.492 bits per heavy atom. The fourth-order valence-corrected chi connectivity index (χ4v) is 12.0. The average Bonchev–Trinajstić information content (AvgIpc) is 3.82. The zero-order valence-corrected chi connectivity index (χ0v) is 38.4. The van der Waals surface area contributed by atoms with Crippen molar-refractivity contribution >= 4 is 64.5 Å². The van der Waals surface area contributed by atoms with Crippen LogP contribution in [0, 0.1) is 6.92 Å². The van der Waals surface area contributed by atoms with Crippen LogP contribution in [0.4, 0.5) is 11.4 Å². The maximum absolute atomic E-state index is 13.1. The number of sulfonamides is 2. The Balaban J connectivity index is 0.000000221. The van der Waals surface area contributed by atoms with Gasteiger partial charge in [0, 0.05) is 5.38 Å². The number of carbonyl (C=O) groups is 2. The first kappa shape index (κ1) is 47.9. The molecule has 0 radical (unpaired) electrons. The van der Waals surface area contributed by atoms with E-state index in [4.69, 9.17) is 10.2 Å². The van der Waals surface area contributed by atoms with Crippen molar-refractivity contribution in [2.24, 2.45) is 0 Å². The summed E-state index contributed by atoms with van der Waals surface area (Å²) in [5.41, 5.74) is 6.15. The summed E-state index contributed by atoms with van der Waals surface area (Å²) in [7, 11) is -11.5. The molecule has 0 saturated heterocycles. The van der Waals surface area contributed by atoms with Gasteiger partial charge in [-0.25, -0.2) is 34.8 Å². The van der Waals surface area contributed by atoms with Crippen LogP contribution < -0.4 is 9.44 Å². The molecule has 0 fully saturated rings. The van der Waals surface area contributed by atoms with Crippen molar-refractivity contribution in [3.8, 4) is 0 Å². The topological polar surface area (TPSA) is 201 Å². The third-order valence-electron chi connectivity index (χ3n) is 10.2. The molecule has 0 amide bonds. The molecule has 4 N–H and O–H groups in total. The van der Waals surface area contributed by atoms with Crippen LogP contribution in [0.1, 0.15) is 61.4 Å². The Morgan fingerprint density at radius 3 is 1.45 bits per heavy atom. The molecule has 1 aromatic heterocycles. The minimum absolute atomic E-state index is 0.0683. The summed E-state index contributed by atoms with van der Waals surface area (Å²) in [4.78, 5) is 22.2. The summed E-state index contributed by atoms with van der Waals surface area (Å²) in [6.45, 7) is 1.86. The van der Waals surface area contributed by atoms with E-state index in [1.807, 2.05) is 55.5 Å². The van der Waals surface area contributed by atoms with Gasteiger partial charge in [-0.15, -0.1) is 11.3 Å². The average molecular weight is 951 g/mol. The molecular weight excluding hydrogens is 905 g/mol. The first-order valence-corrected chi connectivity index (χ1v) is 25.7. The summed E-state index contributed by atoms with van der Waals surface area (Å²) in [5.74, 6) is -1.91. The van der Waals surface area contributed by atoms with Crippen LogP contribution in [0.5, 0.6) is 0 Å². The van der Waals surface area contributed by atoms with Crippen molar-refractivity contribution in [2.45, 2.75) is 64.3 Å². The van der Waals surface area contributed by atoms with Crippen molar-refractivity contribution in [1.82, 2.24) is 0 Å². The quantitative estimate of drug-likeness (QED) is 0.0642. The van der Waals surface area contributed by atoms with Crippen LogP contribution in [-0.2, 0) is 55.6 Å². The highest BCUT2D eigenvalue weighted by Gasteiger charge is 2.25. The number of thiophene rings is 1. The van der Waals surface area contributed by atoms with Crippen LogP contribution in [0.3, 0.4) is 0 Å². The second kappa shape index (κ2) is 21.4. The summed E-state index contributed by atoms with van der Waals surface area (Å²) in [6, 6.07) is 43.8. The normalized spacial score (nSPS) is 11.5. The smallest absolute Gasteiger partial charge is 0.335 e. The molecule has 16 heteroatoms. The van der Waals surface area contributed by atoms with E-state index in [1.165, 1.54) is 23.6 Å². The Kier molecular flexibility index (Phi) is 15.8.